The molecule has 1 unspecified atom stereocenters. The molecule has 1 aromatic heterocycles. The molecule has 1 aliphatic rings. The lowest BCUT2D eigenvalue weighted by Gasteiger charge is -2.31. The third-order valence-corrected chi connectivity index (χ3v) is 5.64. The SMILES string of the molecule is CCOC(=O)C1CCCN(C(=O)c2cc(-c3ccc(F)cc3)nn2-c2cccc(C)c2)C1. The summed E-state index contributed by atoms with van der Waals surface area (Å²) in [6.45, 7) is 4.97. The summed E-state index contributed by atoms with van der Waals surface area (Å²) < 4.78 is 20.2. The zero-order chi connectivity index (χ0) is 22.7. The number of hydrogen-bond acceptors (Lipinski definition) is 4. The Bertz CT molecular complexity index is 1120. The summed E-state index contributed by atoms with van der Waals surface area (Å²) in [5, 5.41) is 4.68. The molecule has 32 heavy (non-hydrogen) atoms. The molecular formula is C25H26FN3O3. The number of amides is 1. The summed E-state index contributed by atoms with van der Waals surface area (Å²) in [6, 6.07) is 15.5. The summed E-state index contributed by atoms with van der Waals surface area (Å²) in [4.78, 5) is 27.5. The molecule has 0 spiro atoms. The first-order chi connectivity index (χ1) is 15.5. The van der Waals surface area contributed by atoms with E-state index in [2.05, 4.69) is 5.10 Å². The van der Waals surface area contributed by atoms with E-state index in [0.717, 1.165) is 23.2 Å². The molecule has 3 aromatic rings. The number of hydrogen-bond donors (Lipinski definition) is 0. The van der Waals surface area contributed by atoms with Gasteiger partial charge in [-0.05, 0) is 74.7 Å². The standard InChI is InChI=1S/C25H26FN3O3/c1-3-32-25(31)19-7-5-13-28(16-19)24(30)23-15-22(18-9-11-20(26)12-10-18)27-29(23)21-8-4-6-17(2)14-21/h4,6,8-12,14-15,19H,3,5,7,13,16H2,1-2H3. The van der Waals surface area contributed by atoms with E-state index in [0.29, 0.717) is 37.5 Å². The van der Waals surface area contributed by atoms with Gasteiger partial charge in [0.2, 0.25) is 0 Å². The predicted octanol–water partition coefficient (Wildman–Crippen LogP) is 4.40. The fraction of sp³-hybridized carbons (Fsp3) is 0.320. The summed E-state index contributed by atoms with van der Waals surface area (Å²) in [6.07, 6.45) is 1.44. The van der Waals surface area contributed by atoms with Crippen molar-refractivity contribution >= 4 is 11.9 Å². The molecule has 0 radical (unpaired) electrons. The number of esters is 1. The molecule has 166 valence electrons. The molecule has 1 saturated heterocycles. The number of carbonyl (C=O) groups is 2. The average Bonchev–Trinajstić information content (AvgIpc) is 3.25. The number of rotatable bonds is 5. The van der Waals surface area contributed by atoms with E-state index in [1.807, 2.05) is 31.2 Å². The van der Waals surface area contributed by atoms with Crippen LogP contribution < -0.4 is 0 Å². The van der Waals surface area contributed by atoms with Crippen LogP contribution in [0, 0.1) is 18.7 Å². The second-order valence-corrected chi connectivity index (χ2v) is 8.01. The van der Waals surface area contributed by atoms with Gasteiger partial charge in [-0.3, -0.25) is 9.59 Å². The van der Waals surface area contributed by atoms with Gasteiger partial charge in [0.1, 0.15) is 11.5 Å². The molecule has 1 fully saturated rings. The van der Waals surface area contributed by atoms with Crippen LogP contribution >= 0.6 is 0 Å². The van der Waals surface area contributed by atoms with E-state index in [4.69, 9.17) is 4.74 Å². The van der Waals surface area contributed by atoms with Crippen LogP contribution in [0.2, 0.25) is 0 Å². The number of likely N-dealkylation sites (tertiary alicyclic amines) is 1. The molecular weight excluding hydrogens is 409 g/mol. The van der Waals surface area contributed by atoms with Gasteiger partial charge in [0, 0.05) is 18.7 Å². The van der Waals surface area contributed by atoms with Crippen LogP contribution in [0.1, 0.15) is 35.8 Å². The lowest BCUT2D eigenvalue weighted by atomic mass is 9.98. The third-order valence-electron chi connectivity index (χ3n) is 5.64. The number of halogens is 1. The summed E-state index contributed by atoms with van der Waals surface area (Å²) in [5.41, 5.74) is 3.50. The molecule has 2 aromatic carbocycles. The van der Waals surface area contributed by atoms with E-state index in [-0.39, 0.29) is 23.6 Å². The molecule has 4 rings (SSSR count). The molecule has 1 aliphatic heterocycles. The molecule has 0 bridgehead atoms. The second-order valence-electron chi connectivity index (χ2n) is 8.01. The van der Waals surface area contributed by atoms with Crippen LogP contribution in [0.5, 0.6) is 0 Å². The number of carbonyl (C=O) groups excluding carboxylic acids is 2. The van der Waals surface area contributed by atoms with E-state index in [1.165, 1.54) is 12.1 Å². The minimum absolute atomic E-state index is 0.193. The van der Waals surface area contributed by atoms with Gasteiger partial charge >= 0.3 is 5.97 Å². The smallest absolute Gasteiger partial charge is 0.310 e. The molecule has 1 atom stereocenters. The maximum Gasteiger partial charge on any atom is 0.310 e. The average molecular weight is 435 g/mol. The Morgan fingerprint density at radius 2 is 1.94 bits per heavy atom. The Morgan fingerprint density at radius 3 is 2.66 bits per heavy atom. The first kappa shape index (κ1) is 21.7. The first-order valence-electron chi connectivity index (χ1n) is 10.8. The lowest BCUT2D eigenvalue weighted by Crippen LogP contribution is -2.43. The van der Waals surface area contributed by atoms with Crippen molar-refractivity contribution in [3.05, 3.63) is 71.7 Å². The van der Waals surface area contributed by atoms with Crippen LogP contribution in [0.25, 0.3) is 16.9 Å². The number of piperidine rings is 1. The van der Waals surface area contributed by atoms with Gasteiger partial charge in [0.05, 0.1) is 23.9 Å². The minimum Gasteiger partial charge on any atom is -0.466 e. The zero-order valence-electron chi connectivity index (χ0n) is 18.3. The Morgan fingerprint density at radius 1 is 1.16 bits per heavy atom. The fourth-order valence-electron chi connectivity index (χ4n) is 4.03. The molecule has 0 aliphatic carbocycles. The highest BCUT2D eigenvalue weighted by Crippen LogP contribution is 2.26. The summed E-state index contributed by atoms with van der Waals surface area (Å²) >= 11 is 0. The van der Waals surface area contributed by atoms with Gasteiger partial charge in [-0.1, -0.05) is 12.1 Å². The van der Waals surface area contributed by atoms with Gasteiger partial charge in [0.15, 0.2) is 0 Å². The lowest BCUT2D eigenvalue weighted by molar-refractivity contribution is -0.149. The quantitative estimate of drug-likeness (QED) is 0.557. The highest BCUT2D eigenvalue weighted by Gasteiger charge is 2.31. The second kappa shape index (κ2) is 9.34. The third kappa shape index (κ3) is 4.56. The Balaban J connectivity index is 1.70. The number of benzene rings is 2. The van der Waals surface area contributed by atoms with Crippen molar-refractivity contribution in [3.63, 3.8) is 0 Å². The van der Waals surface area contributed by atoms with Crippen molar-refractivity contribution in [2.24, 2.45) is 5.92 Å². The Labute approximate surface area is 186 Å². The number of nitrogens with zero attached hydrogens (tertiary/aromatic N) is 3. The zero-order valence-corrected chi connectivity index (χ0v) is 18.3. The topological polar surface area (TPSA) is 64.4 Å². The molecule has 0 saturated carbocycles. The van der Waals surface area contributed by atoms with Crippen molar-refractivity contribution in [1.29, 1.82) is 0 Å². The normalized spacial score (nSPS) is 16.1. The highest BCUT2D eigenvalue weighted by molar-refractivity contribution is 5.95. The van der Waals surface area contributed by atoms with Crippen LogP contribution in [-0.2, 0) is 9.53 Å². The molecule has 2 heterocycles. The highest BCUT2D eigenvalue weighted by atomic mass is 19.1. The van der Waals surface area contributed by atoms with Gasteiger partial charge in [-0.25, -0.2) is 9.07 Å². The maximum absolute atomic E-state index is 13.6. The van der Waals surface area contributed by atoms with E-state index < -0.39 is 0 Å². The predicted molar refractivity (Wildman–Crippen MR) is 119 cm³/mol. The number of aromatic nitrogens is 2. The van der Waals surface area contributed by atoms with Crippen LogP contribution in [0.15, 0.2) is 54.6 Å². The minimum atomic E-state index is -0.332. The monoisotopic (exact) mass is 435 g/mol. The molecule has 0 N–H and O–H groups in total. The summed E-state index contributed by atoms with van der Waals surface area (Å²) in [7, 11) is 0. The van der Waals surface area contributed by atoms with Gasteiger partial charge in [0.25, 0.3) is 5.91 Å². The van der Waals surface area contributed by atoms with Crippen molar-refractivity contribution in [2.75, 3.05) is 19.7 Å². The van der Waals surface area contributed by atoms with Crippen LogP contribution in [0.3, 0.4) is 0 Å². The first-order valence-corrected chi connectivity index (χ1v) is 10.8. The Kier molecular flexibility index (Phi) is 6.35. The molecule has 7 heteroatoms. The van der Waals surface area contributed by atoms with Gasteiger partial charge < -0.3 is 9.64 Å². The maximum atomic E-state index is 13.6. The largest absolute Gasteiger partial charge is 0.466 e. The van der Waals surface area contributed by atoms with Gasteiger partial charge in [-0.15, -0.1) is 0 Å². The van der Waals surface area contributed by atoms with Crippen molar-refractivity contribution in [2.45, 2.75) is 26.7 Å². The van der Waals surface area contributed by atoms with Gasteiger partial charge in [-0.2, -0.15) is 5.10 Å². The van der Waals surface area contributed by atoms with E-state index >= 15 is 0 Å². The van der Waals surface area contributed by atoms with Crippen LogP contribution in [0.4, 0.5) is 4.39 Å². The molecule has 6 nitrogen and oxygen atoms in total. The van der Waals surface area contributed by atoms with Crippen molar-refractivity contribution in [1.82, 2.24) is 14.7 Å². The van der Waals surface area contributed by atoms with Crippen molar-refractivity contribution in [3.8, 4) is 16.9 Å². The Hall–Kier alpha value is -3.48. The van der Waals surface area contributed by atoms with E-state index in [1.54, 1.807) is 34.7 Å². The van der Waals surface area contributed by atoms with E-state index in [9.17, 15) is 14.0 Å². The number of ether oxygens (including phenoxy) is 1. The summed E-state index contributed by atoms with van der Waals surface area (Å²) in [5.74, 6) is -1.10. The van der Waals surface area contributed by atoms with Crippen LogP contribution in [-0.4, -0.2) is 46.3 Å². The number of aryl methyl sites for hydroxylation is 1. The molecule has 1 amide bonds. The van der Waals surface area contributed by atoms with Crippen molar-refractivity contribution < 1.29 is 18.7 Å². The fourth-order valence-corrected chi connectivity index (χ4v) is 4.03.